The number of benzene rings is 2. The molecule has 0 amide bonds. The quantitative estimate of drug-likeness (QED) is 0.689. The van der Waals surface area contributed by atoms with E-state index in [2.05, 4.69) is 29.7 Å². The Balaban J connectivity index is 1.59. The first kappa shape index (κ1) is 21.2. The molecule has 2 aromatic rings. The van der Waals surface area contributed by atoms with Crippen LogP contribution < -0.4 is 15.4 Å². The van der Waals surface area contributed by atoms with Gasteiger partial charge < -0.3 is 15.4 Å². The Bertz CT molecular complexity index is 855. The van der Waals surface area contributed by atoms with Gasteiger partial charge in [0, 0.05) is 30.2 Å². The Morgan fingerprint density at radius 2 is 1.87 bits per heavy atom. The van der Waals surface area contributed by atoms with Gasteiger partial charge in [0.2, 0.25) is 0 Å². The Hall–Kier alpha value is -2.05. The highest BCUT2D eigenvalue weighted by molar-refractivity contribution is 5.38. The Morgan fingerprint density at radius 1 is 1.10 bits per heavy atom. The maximum atomic E-state index is 13.2. The minimum Gasteiger partial charge on any atom is -0.496 e. The first-order chi connectivity index (χ1) is 14.4. The summed E-state index contributed by atoms with van der Waals surface area (Å²) in [6, 6.07) is 14.8. The molecule has 5 atom stereocenters. The van der Waals surface area contributed by atoms with Crippen LogP contribution in [-0.4, -0.2) is 19.2 Å². The lowest BCUT2D eigenvalue weighted by atomic mass is 9.69. The van der Waals surface area contributed by atoms with Gasteiger partial charge in [-0.05, 0) is 54.9 Å². The molecular formula is C24H29F3N2O. The molecule has 1 aliphatic carbocycles. The van der Waals surface area contributed by atoms with Gasteiger partial charge in [0.05, 0.1) is 12.7 Å². The van der Waals surface area contributed by atoms with Crippen LogP contribution in [0.15, 0.2) is 48.5 Å². The first-order valence-electron chi connectivity index (χ1n) is 10.7. The summed E-state index contributed by atoms with van der Waals surface area (Å²) in [4.78, 5) is 0. The van der Waals surface area contributed by atoms with Crippen molar-refractivity contribution in [3.05, 3.63) is 65.2 Å². The van der Waals surface area contributed by atoms with E-state index in [9.17, 15) is 13.2 Å². The van der Waals surface area contributed by atoms with Gasteiger partial charge in [0.15, 0.2) is 0 Å². The van der Waals surface area contributed by atoms with Crippen molar-refractivity contribution in [3.63, 3.8) is 0 Å². The molecule has 2 fully saturated rings. The Labute approximate surface area is 176 Å². The maximum absolute atomic E-state index is 13.2. The first-order valence-corrected chi connectivity index (χ1v) is 10.7. The summed E-state index contributed by atoms with van der Waals surface area (Å²) in [6.45, 7) is 2.64. The minimum absolute atomic E-state index is 0.134. The normalized spacial score (nSPS) is 28.9. The molecule has 2 aliphatic rings. The standard InChI is InChI=1S/C24H29F3N2O/c1-15-8-9-17-13-20(15)29-23(16-6-4-3-5-7-16)22(17)28-14-18-12-19(24(25,26)27)10-11-21(18)30-2/h3-7,10-12,15,17,20,22-23,28-29H,8-9,13-14H2,1-2H3. The summed E-state index contributed by atoms with van der Waals surface area (Å²) in [6.07, 6.45) is -0.955. The number of fused-ring (bicyclic) bond motifs is 2. The fourth-order valence-electron chi connectivity index (χ4n) is 5.09. The third-order valence-corrected chi connectivity index (χ3v) is 6.79. The maximum Gasteiger partial charge on any atom is 0.416 e. The second kappa shape index (κ2) is 8.60. The van der Waals surface area contributed by atoms with Crippen LogP contribution in [0.4, 0.5) is 13.2 Å². The molecule has 1 heterocycles. The van der Waals surface area contributed by atoms with Gasteiger partial charge in [-0.15, -0.1) is 0 Å². The number of nitrogens with one attached hydrogen (secondary N) is 2. The van der Waals surface area contributed by atoms with E-state index < -0.39 is 11.7 Å². The molecule has 6 heteroatoms. The van der Waals surface area contributed by atoms with E-state index in [0.717, 1.165) is 18.9 Å². The Morgan fingerprint density at radius 3 is 2.57 bits per heavy atom. The zero-order valence-electron chi connectivity index (χ0n) is 17.4. The van der Waals surface area contributed by atoms with Crippen LogP contribution in [0.5, 0.6) is 5.75 Å². The largest absolute Gasteiger partial charge is 0.496 e. The van der Waals surface area contributed by atoms with Crippen molar-refractivity contribution in [3.8, 4) is 5.75 Å². The number of ether oxygens (including phenoxy) is 1. The zero-order chi connectivity index (χ0) is 21.3. The number of piperidine rings is 1. The summed E-state index contributed by atoms with van der Waals surface area (Å²) in [5.41, 5.74) is 1.10. The van der Waals surface area contributed by atoms with Crippen molar-refractivity contribution in [1.82, 2.24) is 10.6 Å². The summed E-state index contributed by atoms with van der Waals surface area (Å²) < 4.78 is 45.0. The van der Waals surface area contributed by atoms with Gasteiger partial charge in [-0.1, -0.05) is 37.3 Å². The smallest absolute Gasteiger partial charge is 0.416 e. The van der Waals surface area contributed by atoms with Crippen molar-refractivity contribution >= 4 is 0 Å². The molecule has 5 unspecified atom stereocenters. The lowest BCUT2D eigenvalue weighted by molar-refractivity contribution is -0.137. The van der Waals surface area contributed by atoms with Gasteiger partial charge >= 0.3 is 6.18 Å². The Kier molecular flexibility index (Phi) is 6.07. The molecule has 1 saturated heterocycles. The number of halogens is 3. The zero-order valence-corrected chi connectivity index (χ0v) is 17.4. The van der Waals surface area contributed by atoms with Crippen molar-refractivity contribution in [1.29, 1.82) is 0 Å². The lowest BCUT2D eigenvalue weighted by Crippen LogP contribution is -2.58. The van der Waals surface area contributed by atoms with Gasteiger partial charge in [0.25, 0.3) is 0 Å². The van der Waals surface area contributed by atoms with Crippen LogP contribution in [0.1, 0.15) is 48.9 Å². The third-order valence-electron chi connectivity index (χ3n) is 6.79. The van der Waals surface area contributed by atoms with E-state index in [4.69, 9.17) is 4.74 Å². The molecule has 0 aromatic heterocycles. The molecule has 30 heavy (non-hydrogen) atoms. The molecule has 1 aliphatic heterocycles. The van der Waals surface area contributed by atoms with Crippen LogP contribution in [0.25, 0.3) is 0 Å². The highest BCUT2D eigenvalue weighted by Gasteiger charge is 2.42. The van der Waals surface area contributed by atoms with Crippen molar-refractivity contribution in [2.75, 3.05) is 7.11 Å². The van der Waals surface area contributed by atoms with Crippen molar-refractivity contribution in [2.45, 2.75) is 57.0 Å². The molecule has 1 saturated carbocycles. The summed E-state index contributed by atoms with van der Waals surface area (Å²) in [5.74, 6) is 1.61. The van der Waals surface area contributed by atoms with Crippen LogP contribution in [-0.2, 0) is 12.7 Å². The fraction of sp³-hybridized carbons (Fsp3) is 0.500. The van der Waals surface area contributed by atoms with E-state index in [-0.39, 0.29) is 12.1 Å². The van der Waals surface area contributed by atoms with Crippen LogP contribution in [0.3, 0.4) is 0 Å². The average Bonchev–Trinajstić information content (AvgIpc) is 2.75. The van der Waals surface area contributed by atoms with Gasteiger partial charge in [-0.3, -0.25) is 0 Å². The average molecular weight is 419 g/mol. The van der Waals surface area contributed by atoms with E-state index in [1.54, 1.807) is 0 Å². The lowest BCUT2D eigenvalue weighted by Gasteiger charge is -2.49. The molecular weight excluding hydrogens is 389 g/mol. The number of alkyl halides is 3. The van der Waals surface area contributed by atoms with Crippen LogP contribution in [0.2, 0.25) is 0 Å². The highest BCUT2D eigenvalue weighted by Crippen LogP contribution is 2.41. The van der Waals surface area contributed by atoms with Gasteiger partial charge in [0.1, 0.15) is 5.75 Å². The van der Waals surface area contributed by atoms with Crippen LogP contribution >= 0.6 is 0 Å². The predicted molar refractivity (Wildman–Crippen MR) is 111 cm³/mol. The van der Waals surface area contributed by atoms with Gasteiger partial charge in [-0.25, -0.2) is 0 Å². The SMILES string of the molecule is COc1ccc(C(F)(F)F)cc1CNC1C2CCC(C)C(C2)NC1c1ccccc1. The van der Waals surface area contributed by atoms with Crippen LogP contribution in [0, 0.1) is 11.8 Å². The number of hydrogen-bond acceptors (Lipinski definition) is 3. The fourth-order valence-corrected chi connectivity index (χ4v) is 5.09. The molecule has 4 rings (SSSR count). The molecule has 0 radical (unpaired) electrons. The molecule has 3 nitrogen and oxygen atoms in total. The second-order valence-electron chi connectivity index (χ2n) is 8.64. The molecule has 2 aromatic carbocycles. The van der Waals surface area contributed by atoms with Crippen molar-refractivity contribution < 1.29 is 17.9 Å². The minimum atomic E-state index is -4.37. The molecule has 2 N–H and O–H groups in total. The number of rotatable bonds is 5. The summed E-state index contributed by atoms with van der Waals surface area (Å²) in [7, 11) is 1.49. The van der Waals surface area contributed by atoms with E-state index >= 15 is 0 Å². The second-order valence-corrected chi connectivity index (χ2v) is 8.64. The van der Waals surface area contributed by atoms with Crippen molar-refractivity contribution in [2.24, 2.45) is 11.8 Å². The van der Waals surface area contributed by atoms with E-state index in [0.29, 0.717) is 35.7 Å². The highest BCUT2D eigenvalue weighted by atomic mass is 19.4. The third kappa shape index (κ3) is 4.35. The van der Waals surface area contributed by atoms with Gasteiger partial charge in [-0.2, -0.15) is 13.2 Å². The molecule has 2 bridgehead atoms. The topological polar surface area (TPSA) is 33.3 Å². The van der Waals surface area contributed by atoms with E-state index in [1.165, 1.54) is 31.2 Å². The number of hydrogen-bond donors (Lipinski definition) is 2. The molecule has 162 valence electrons. The molecule has 0 spiro atoms. The monoisotopic (exact) mass is 418 g/mol. The van der Waals surface area contributed by atoms with E-state index in [1.807, 2.05) is 18.2 Å². The predicted octanol–water partition coefficient (Wildman–Crippen LogP) is 5.32. The summed E-state index contributed by atoms with van der Waals surface area (Å²) >= 11 is 0. The number of methoxy groups -OCH3 is 1. The summed E-state index contributed by atoms with van der Waals surface area (Å²) in [5, 5.41) is 7.43.